The zero-order valence-electron chi connectivity index (χ0n) is 12.8. The molecule has 1 heterocycles. The van der Waals surface area contributed by atoms with Gasteiger partial charge in [0, 0.05) is 37.9 Å². The summed E-state index contributed by atoms with van der Waals surface area (Å²) in [5.41, 5.74) is 1.13. The van der Waals surface area contributed by atoms with Crippen LogP contribution in [-0.4, -0.2) is 30.3 Å². The highest BCUT2D eigenvalue weighted by molar-refractivity contribution is 5.25. The van der Waals surface area contributed by atoms with Gasteiger partial charge in [0.15, 0.2) is 0 Å². The summed E-state index contributed by atoms with van der Waals surface area (Å²) in [6.07, 6.45) is 6.70. The Morgan fingerprint density at radius 3 is 2.90 bits per heavy atom. The normalized spacial score (nSPS) is 23.0. The van der Waals surface area contributed by atoms with E-state index in [9.17, 15) is 0 Å². The van der Waals surface area contributed by atoms with Gasteiger partial charge in [0.1, 0.15) is 6.10 Å². The van der Waals surface area contributed by atoms with Gasteiger partial charge in [-0.2, -0.15) is 0 Å². The number of hydrogen-bond acceptors (Lipinski definition) is 4. The van der Waals surface area contributed by atoms with Crippen LogP contribution in [0.1, 0.15) is 45.1 Å². The molecule has 1 fully saturated rings. The Morgan fingerprint density at radius 1 is 1.35 bits per heavy atom. The summed E-state index contributed by atoms with van der Waals surface area (Å²) < 4.78 is 11.6. The second-order valence-corrected chi connectivity index (χ2v) is 5.77. The standard InChI is InChI=1S/C16H26N2O2/c1-12(2)18-11-13-6-5-9-17-16(13)20-15-8-4-7-14(10-15)19-3/h5-6,9,12,14-15,18H,4,7-8,10-11H2,1-3H3. The minimum atomic E-state index is 0.224. The van der Waals surface area contributed by atoms with Crippen molar-refractivity contribution in [2.75, 3.05) is 7.11 Å². The van der Waals surface area contributed by atoms with Crippen molar-refractivity contribution in [1.82, 2.24) is 10.3 Å². The monoisotopic (exact) mass is 278 g/mol. The predicted molar refractivity (Wildman–Crippen MR) is 79.9 cm³/mol. The molecule has 4 heteroatoms. The van der Waals surface area contributed by atoms with Crippen LogP contribution in [0, 0.1) is 0 Å². The lowest BCUT2D eigenvalue weighted by atomic mass is 9.95. The Kier molecular flexibility index (Phi) is 5.80. The molecular weight excluding hydrogens is 252 g/mol. The third-order valence-corrected chi connectivity index (χ3v) is 3.74. The van der Waals surface area contributed by atoms with E-state index in [2.05, 4.69) is 30.2 Å². The largest absolute Gasteiger partial charge is 0.474 e. The van der Waals surface area contributed by atoms with Crippen LogP contribution >= 0.6 is 0 Å². The van der Waals surface area contributed by atoms with Gasteiger partial charge in [0.25, 0.3) is 0 Å². The zero-order valence-corrected chi connectivity index (χ0v) is 12.8. The molecule has 0 amide bonds. The van der Waals surface area contributed by atoms with Crippen LogP contribution in [0.3, 0.4) is 0 Å². The highest BCUT2D eigenvalue weighted by Gasteiger charge is 2.24. The van der Waals surface area contributed by atoms with Gasteiger partial charge < -0.3 is 14.8 Å². The molecule has 20 heavy (non-hydrogen) atoms. The Hall–Kier alpha value is -1.13. The van der Waals surface area contributed by atoms with Crippen LogP contribution in [0.25, 0.3) is 0 Å². The van der Waals surface area contributed by atoms with E-state index >= 15 is 0 Å². The Bertz CT molecular complexity index is 409. The fourth-order valence-corrected chi connectivity index (χ4v) is 2.56. The molecule has 0 aromatic carbocycles. The first-order chi connectivity index (χ1) is 9.69. The second-order valence-electron chi connectivity index (χ2n) is 5.77. The molecule has 0 aliphatic heterocycles. The summed E-state index contributed by atoms with van der Waals surface area (Å²) >= 11 is 0. The molecule has 1 N–H and O–H groups in total. The van der Waals surface area contributed by atoms with Gasteiger partial charge in [-0.15, -0.1) is 0 Å². The van der Waals surface area contributed by atoms with Crippen LogP contribution < -0.4 is 10.1 Å². The molecule has 0 bridgehead atoms. The molecular formula is C16H26N2O2. The van der Waals surface area contributed by atoms with Crippen molar-refractivity contribution in [2.24, 2.45) is 0 Å². The lowest BCUT2D eigenvalue weighted by Crippen LogP contribution is -2.30. The number of pyridine rings is 1. The second kappa shape index (κ2) is 7.60. The van der Waals surface area contributed by atoms with Crippen molar-refractivity contribution in [3.8, 4) is 5.88 Å². The number of ether oxygens (including phenoxy) is 2. The molecule has 2 atom stereocenters. The van der Waals surface area contributed by atoms with Crippen molar-refractivity contribution in [3.63, 3.8) is 0 Å². The molecule has 1 aliphatic rings. The molecule has 1 aliphatic carbocycles. The van der Waals surface area contributed by atoms with E-state index in [0.717, 1.165) is 43.7 Å². The maximum Gasteiger partial charge on any atom is 0.218 e. The van der Waals surface area contributed by atoms with Crippen LogP contribution in [0.4, 0.5) is 0 Å². The Morgan fingerprint density at radius 2 is 2.15 bits per heavy atom. The fourth-order valence-electron chi connectivity index (χ4n) is 2.56. The highest BCUT2D eigenvalue weighted by atomic mass is 16.5. The van der Waals surface area contributed by atoms with Crippen molar-refractivity contribution >= 4 is 0 Å². The third kappa shape index (κ3) is 4.46. The summed E-state index contributed by atoms with van der Waals surface area (Å²) in [5, 5.41) is 3.41. The van der Waals surface area contributed by atoms with Crippen LogP contribution in [0.5, 0.6) is 5.88 Å². The maximum atomic E-state index is 6.12. The topological polar surface area (TPSA) is 43.4 Å². The van der Waals surface area contributed by atoms with Crippen molar-refractivity contribution < 1.29 is 9.47 Å². The van der Waals surface area contributed by atoms with Gasteiger partial charge in [-0.3, -0.25) is 0 Å². The smallest absolute Gasteiger partial charge is 0.218 e. The lowest BCUT2D eigenvalue weighted by Gasteiger charge is -2.28. The SMILES string of the molecule is COC1CCCC(Oc2ncccc2CNC(C)C)C1. The zero-order chi connectivity index (χ0) is 14.4. The Balaban J connectivity index is 1.97. The number of rotatable bonds is 6. The number of nitrogens with zero attached hydrogens (tertiary/aromatic N) is 1. The average Bonchev–Trinajstić information content (AvgIpc) is 2.46. The highest BCUT2D eigenvalue weighted by Crippen LogP contribution is 2.26. The number of nitrogens with one attached hydrogen (secondary N) is 1. The molecule has 0 saturated heterocycles. The lowest BCUT2D eigenvalue weighted by molar-refractivity contribution is 0.0191. The summed E-state index contributed by atoms with van der Waals surface area (Å²) in [6, 6.07) is 4.49. The average molecular weight is 278 g/mol. The molecule has 0 radical (unpaired) electrons. The van der Waals surface area contributed by atoms with Crippen LogP contribution in [0.15, 0.2) is 18.3 Å². The minimum Gasteiger partial charge on any atom is -0.474 e. The van der Waals surface area contributed by atoms with Gasteiger partial charge in [0.05, 0.1) is 6.10 Å². The summed E-state index contributed by atoms with van der Waals surface area (Å²) in [6.45, 7) is 5.07. The maximum absolute atomic E-state index is 6.12. The molecule has 4 nitrogen and oxygen atoms in total. The van der Waals surface area contributed by atoms with E-state index in [1.165, 1.54) is 0 Å². The number of aromatic nitrogens is 1. The van der Waals surface area contributed by atoms with Crippen molar-refractivity contribution in [2.45, 2.75) is 64.3 Å². The van der Waals surface area contributed by atoms with Gasteiger partial charge in [-0.05, 0) is 25.3 Å². The minimum absolute atomic E-state index is 0.224. The van der Waals surface area contributed by atoms with Gasteiger partial charge in [-0.25, -0.2) is 4.98 Å². The van der Waals surface area contributed by atoms with Gasteiger partial charge in [0.2, 0.25) is 5.88 Å². The van der Waals surface area contributed by atoms with E-state index < -0.39 is 0 Å². The molecule has 112 valence electrons. The summed E-state index contributed by atoms with van der Waals surface area (Å²) in [5.74, 6) is 0.766. The summed E-state index contributed by atoms with van der Waals surface area (Å²) in [4.78, 5) is 4.40. The molecule has 0 spiro atoms. The first-order valence-electron chi connectivity index (χ1n) is 7.55. The molecule has 1 saturated carbocycles. The molecule has 1 aromatic rings. The van der Waals surface area contributed by atoms with Crippen molar-refractivity contribution in [1.29, 1.82) is 0 Å². The number of hydrogen-bond donors (Lipinski definition) is 1. The fraction of sp³-hybridized carbons (Fsp3) is 0.688. The first-order valence-corrected chi connectivity index (χ1v) is 7.55. The van der Waals surface area contributed by atoms with E-state index in [4.69, 9.17) is 9.47 Å². The number of methoxy groups -OCH3 is 1. The molecule has 2 rings (SSSR count). The van der Waals surface area contributed by atoms with E-state index in [1.807, 2.05) is 6.07 Å². The quantitative estimate of drug-likeness (QED) is 0.869. The van der Waals surface area contributed by atoms with Gasteiger partial charge >= 0.3 is 0 Å². The molecule has 1 aromatic heterocycles. The van der Waals surface area contributed by atoms with Gasteiger partial charge in [-0.1, -0.05) is 19.9 Å². The van der Waals surface area contributed by atoms with Crippen LogP contribution in [-0.2, 0) is 11.3 Å². The van der Waals surface area contributed by atoms with E-state index in [-0.39, 0.29) is 6.10 Å². The van der Waals surface area contributed by atoms with Crippen molar-refractivity contribution in [3.05, 3.63) is 23.9 Å². The predicted octanol–water partition coefficient (Wildman–Crippen LogP) is 2.92. The van der Waals surface area contributed by atoms with E-state index in [0.29, 0.717) is 12.1 Å². The van der Waals surface area contributed by atoms with E-state index in [1.54, 1.807) is 13.3 Å². The third-order valence-electron chi connectivity index (χ3n) is 3.74. The Labute approximate surface area is 121 Å². The first kappa shape index (κ1) is 15.3. The summed E-state index contributed by atoms with van der Waals surface area (Å²) in [7, 11) is 1.78. The van der Waals surface area contributed by atoms with Crippen LogP contribution in [0.2, 0.25) is 0 Å². The molecule has 2 unspecified atom stereocenters.